The molecule has 0 saturated heterocycles. The summed E-state index contributed by atoms with van der Waals surface area (Å²) in [4.78, 5) is 8.83. The van der Waals surface area contributed by atoms with Crippen LogP contribution in [0.4, 0.5) is 0 Å². The van der Waals surface area contributed by atoms with Gasteiger partial charge in [-0.25, -0.2) is 0 Å². The van der Waals surface area contributed by atoms with Crippen molar-refractivity contribution < 1.29 is 27.7 Å². The van der Waals surface area contributed by atoms with E-state index in [1.807, 2.05) is 0 Å². The molecule has 0 aliphatic heterocycles. The van der Waals surface area contributed by atoms with E-state index in [2.05, 4.69) is 32.4 Å². The minimum atomic E-state index is 1.18. The van der Waals surface area contributed by atoms with E-state index in [1.54, 1.807) is 0 Å². The van der Waals surface area contributed by atoms with Crippen molar-refractivity contribution in [2.24, 2.45) is 0 Å². The van der Waals surface area contributed by atoms with Crippen LogP contribution in [0.1, 0.15) is 0 Å². The maximum atomic E-state index is 8.83. The molecule has 0 atom stereocenters. The minimum absolute atomic E-state index is 1.18. The van der Waals surface area contributed by atoms with Gasteiger partial charge in [-0.2, -0.15) is 0 Å². The van der Waals surface area contributed by atoms with E-state index in [1.165, 1.54) is 13.6 Å². The molecule has 0 spiro atoms. The first-order valence-corrected chi connectivity index (χ1v) is 2.94. The van der Waals surface area contributed by atoms with E-state index in [4.69, 9.17) is 4.79 Å². The van der Waals surface area contributed by atoms with Gasteiger partial charge in [-0.15, -0.1) is 0 Å². The van der Waals surface area contributed by atoms with Crippen LogP contribution in [0.2, 0.25) is 0 Å². The predicted octanol–water partition coefficient (Wildman–Crippen LogP) is 0.387. The average Bonchev–Trinajstić information content (AvgIpc) is 1.72. The summed E-state index contributed by atoms with van der Waals surface area (Å²) in [7, 11) is 5.75. The molecule has 0 radical (unpaired) electrons. The molecule has 4 heteroatoms. The number of halogens is 1. The molecule has 0 aromatic carbocycles. The average molecular weight is 201 g/mol. The second kappa shape index (κ2) is 18.1. The van der Waals surface area contributed by atoms with Gasteiger partial charge >= 0.3 is 27.7 Å². The van der Waals surface area contributed by atoms with Gasteiger partial charge in [0.05, 0.1) is 0 Å². The van der Waals surface area contributed by atoms with Crippen molar-refractivity contribution >= 4 is 16.0 Å². The van der Waals surface area contributed by atoms with E-state index >= 15 is 0 Å². The third-order valence-corrected chi connectivity index (χ3v) is 0.0833. The molecule has 0 fully saturated rings. The summed E-state index contributed by atoms with van der Waals surface area (Å²) in [6, 6.07) is 0. The van der Waals surface area contributed by atoms with Gasteiger partial charge in [-0.1, -0.05) is 6.47 Å². The molecule has 0 amide bonds. The van der Waals surface area contributed by atoms with Crippen LogP contribution in [0.15, 0.2) is 0 Å². The van der Waals surface area contributed by atoms with Crippen molar-refractivity contribution in [3.05, 3.63) is 0 Å². The zero-order valence-corrected chi connectivity index (χ0v) is 5.32. The molecular weight excluding hydrogens is 198 g/mol. The number of methoxy groups -OCH3 is 1. The fourth-order valence-corrected chi connectivity index (χ4v) is 0. The van der Waals surface area contributed by atoms with Gasteiger partial charge in [0.2, 0.25) is 0 Å². The Morgan fingerprint density at radius 2 is 2.00 bits per heavy atom. The van der Waals surface area contributed by atoms with Crippen LogP contribution in [0.5, 0.6) is 0 Å². The summed E-state index contributed by atoms with van der Waals surface area (Å²) in [5.74, 6) is 0. The molecule has 2 nitrogen and oxygen atoms in total. The van der Waals surface area contributed by atoms with Crippen molar-refractivity contribution in [3.8, 4) is 0 Å². The third kappa shape index (κ3) is 25.6. The summed E-state index contributed by atoms with van der Waals surface area (Å²) in [6.07, 6.45) is 0. The van der Waals surface area contributed by atoms with Crippen LogP contribution >= 0.6 is 9.53 Å². The second-order valence-electron chi connectivity index (χ2n) is 0.287. The Morgan fingerprint density at radius 3 is 2.00 bits per heavy atom. The van der Waals surface area contributed by atoms with Crippen molar-refractivity contribution in [1.29, 1.82) is 0 Å². The van der Waals surface area contributed by atoms with Crippen molar-refractivity contribution in [3.63, 3.8) is 0 Å². The van der Waals surface area contributed by atoms with Gasteiger partial charge in [-0.3, -0.25) is 0 Å². The summed E-state index contributed by atoms with van der Waals surface area (Å²) < 4.78 is 3.74. The number of carbonyl (C=O) groups excluding carboxylic acids is 1. The quantitative estimate of drug-likeness (QED) is 0.453. The fraction of sp³-hybridized carbons (Fsp3) is 0.500. The van der Waals surface area contributed by atoms with Crippen molar-refractivity contribution in [2.75, 3.05) is 7.11 Å². The second-order valence-corrected chi connectivity index (χ2v) is 0.287. The van der Waals surface area contributed by atoms with Gasteiger partial charge in [0, 0.05) is 7.11 Å². The molecule has 0 heterocycles. The van der Waals surface area contributed by atoms with Crippen LogP contribution in [-0.4, -0.2) is 13.6 Å². The topological polar surface area (TPSA) is 26.3 Å². The van der Waals surface area contributed by atoms with Gasteiger partial charge in [0.25, 0.3) is 0 Å². The number of hydrogen-bond acceptors (Lipinski definition) is 2. The molecule has 0 rings (SSSR count). The molecule has 0 saturated carbocycles. The maximum absolute atomic E-state index is 8.83. The van der Waals surface area contributed by atoms with E-state index in [9.17, 15) is 0 Å². The Bertz CT molecular complexity index is 25.5. The summed E-state index contributed by atoms with van der Waals surface area (Å²) in [5.41, 5.74) is 0. The molecule has 0 N–H and O–H groups in total. The van der Waals surface area contributed by atoms with Crippen LogP contribution < -0.4 is 0 Å². The van der Waals surface area contributed by atoms with Crippen LogP contribution in [-0.2, 0) is 27.7 Å². The third-order valence-electron chi connectivity index (χ3n) is 0.0833. The molecule has 6 heavy (non-hydrogen) atoms. The number of ether oxygens (including phenoxy) is 1. The Morgan fingerprint density at radius 1 is 1.83 bits per heavy atom. The molecule has 0 aromatic rings. The van der Waals surface area contributed by atoms with Crippen LogP contribution in [0.25, 0.3) is 0 Å². The fourth-order valence-electron chi connectivity index (χ4n) is 0. The normalized spacial score (nSPS) is 4.67. The Hall–Kier alpha value is 0.422. The number of hydrogen-bond donors (Lipinski definition) is 0. The monoisotopic (exact) mass is 200 g/mol. The van der Waals surface area contributed by atoms with E-state index < -0.39 is 0 Å². The Balaban J connectivity index is 0. The van der Waals surface area contributed by atoms with E-state index in [0.717, 1.165) is 0 Å². The Labute approximate surface area is 51.2 Å². The summed E-state index contributed by atoms with van der Waals surface area (Å²) in [5, 5.41) is 0. The van der Waals surface area contributed by atoms with Crippen LogP contribution in [0, 0.1) is 0 Å². The molecular formula is C2H3ClO2Pd. The summed E-state index contributed by atoms with van der Waals surface area (Å²) in [6.45, 7) is 1.18. The SMILES string of the molecule is CO[C-]=O.[Cl][Pd+]. The van der Waals surface area contributed by atoms with Gasteiger partial charge in [0.1, 0.15) is 0 Å². The molecule has 0 bridgehead atoms. The molecule has 0 aromatic heterocycles. The molecule has 40 valence electrons. The molecule has 0 aliphatic carbocycles. The van der Waals surface area contributed by atoms with Crippen molar-refractivity contribution in [1.82, 2.24) is 0 Å². The first-order valence-electron chi connectivity index (χ1n) is 0.936. The molecule has 0 unspecified atom stereocenters. The first-order chi connectivity index (χ1) is 2.91. The van der Waals surface area contributed by atoms with Crippen molar-refractivity contribution in [2.45, 2.75) is 0 Å². The molecule has 0 aliphatic rings. The van der Waals surface area contributed by atoms with E-state index in [-0.39, 0.29) is 0 Å². The predicted molar refractivity (Wildman–Crippen MR) is 18.6 cm³/mol. The standard InChI is InChI=1S/C2H3O2.ClH.Pd/c1-4-2-3;;/h1H3;1H;/q-1;;+2/p-1. The first kappa shape index (κ1) is 9.66. The van der Waals surface area contributed by atoms with Gasteiger partial charge in [-0.05, 0) is 0 Å². The summed E-state index contributed by atoms with van der Waals surface area (Å²) >= 11 is 2.22. The van der Waals surface area contributed by atoms with Gasteiger partial charge in [0.15, 0.2) is 0 Å². The zero-order valence-electron chi connectivity index (χ0n) is 3.01. The van der Waals surface area contributed by atoms with Gasteiger partial charge < -0.3 is 9.53 Å². The number of rotatable bonds is 1. The Kier molecular flexibility index (Phi) is 29.1. The zero-order chi connectivity index (χ0) is 5.41. The van der Waals surface area contributed by atoms with E-state index in [0.29, 0.717) is 0 Å². The van der Waals surface area contributed by atoms with Crippen LogP contribution in [0.3, 0.4) is 0 Å².